The van der Waals surface area contributed by atoms with Gasteiger partial charge in [-0.25, -0.2) is 4.79 Å². The van der Waals surface area contributed by atoms with Gasteiger partial charge < -0.3 is 89.7 Å². The molecule has 5 aliphatic carbocycles. The van der Waals surface area contributed by atoms with Crippen molar-refractivity contribution < 1.29 is 99.3 Å². The first-order valence-corrected chi connectivity index (χ1v) is 24.5. The summed E-state index contributed by atoms with van der Waals surface area (Å²) in [7, 11) is 0. The van der Waals surface area contributed by atoms with Gasteiger partial charge in [-0.15, -0.1) is 0 Å². The number of hydrogen-bond donors (Lipinski definition) is 12. The number of aliphatic hydroxyl groups excluding tert-OH is 11. The monoisotopic (exact) mass is 972 g/mol. The number of rotatable bonds is 10. The summed E-state index contributed by atoms with van der Waals surface area (Å²) in [4.78, 5) is 27.1. The fourth-order valence-corrected chi connectivity index (χ4v) is 15.1. The highest BCUT2D eigenvalue weighted by Crippen LogP contribution is 2.76. The van der Waals surface area contributed by atoms with E-state index in [1.807, 2.05) is 6.92 Å². The molecule has 388 valence electrons. The molecule has 8 aliphatic rings. The molecule has 7 fully saturated rings. The maximum absolute atomic E-state index is 14.7. The lowest BCUT2D eigenvalue weighted by Gasteiger charge is -2.71. The van der Waals surface area contributed by atoms with Gasteiger partial charge in [0, 0.05) is 6.61 Å². The van der Waals surface area contributed by atoms with Gasteiger partial charge in [-0.3, -0.25) is 4.79 Å². The molecule has 0 bridgehead atoms. The van der Waals surface area contributed by atoms with E-state index in [-0.39, 0.29) is 40.6 Å². The molecule has 0 aromatic rings. The Balaban J connectivity index is 1.04. The van der Waals surface area contributed by atoms with E-state index in [1.54, 1.807) is 0 Å². The molecule has 3 saturated heterocycles. The van der Waals surface area contributed by atoms with Crippen LogP contribution in [0.2, 0.25) is 0 Å². The molecule has 3 aliphatic heterocycles. The minimum Gasteiger partial charge on any atom is -0.479 e. The van der Waals surface area contributed by atoms with Gasteiger partial charge in [0.05, 0.1) is 24.7 Å². The van der Waals surface area contributed by atoms with Gasteiger partial charge in [0.2, 0.25) is 6.29 Å². The smallest absolute Gasteiger partial charge is 0.335 e. The summed E-state index contributed by atoms with van der Waals surface area (Å²) < 4.78 is 35.1. The molecule has 0 amide bonds. The molecular formula is C48H76O20. The Morgan fingerprint density at radius 3 is 1.84 bits per heavy atom. The van der Waals surface area contributed by atoms with E-state index >= 15 is 0 Å². The van der Waals surface area contributed by atoms with E-state index in [9.17, 15) is 70.9 Å². The van der Waals surface area contributed by atoms with Crippen molar-refractivity contribution in [3.8, 4) is 0 Å². The predicted molar refractivity (Wildman–Crippen MR) is 232 cm³/mol. The summed E-state index contributed by atoms with van der Waals surface area (Å²) in [5.74, 6) is -2.24. The maximum Gasteiger partial charge on any atom is 0.335 e. The number of esters is 1. The summed E-state index contributed by atoms with van der Waals surface area (Å²) in [6.07, 6.45) is -17.8. The van der Waals surface area contributed by atoms with Crippen molar-refractivity contribution >= 4 is 11.9 Å². The fraction of sp³-hybridized carbons (Fsp3) is 0.917. The number of carbonyl (C=O) groups is 2. The van der Waals surface area contributed by atoms with Crippen molar-refractivity contribution in [3.05, 3.63) is 11.6 Å². The Morgan fingerprint density at radius 2 is 1.24 bits per heavy atom. The summed E-state index contributed by atoms with van der Waals surface area (Å²) in [5.41, 5.74) is -1.81. The molecule has 20 heteroatoms. The molecule has 0 aromatic heterocycles. The Morgan fingerprint density at radius 1 is 0.647 bits per heavy atom. The van der Waals surface area contributed by atoms with Crippen molar-refractivity contribution in [1.29, 1.82) is 0 Å². The Bertz CT molecular complexity index is 1900. The molecule has 68 heavy (non-hydrogen) atoms. The van der Waals surface area contributed by atoms with Gasteiger partial charge in [-0.2, -0.15) is 0 Å². The highest BCUT2D eigenvalue weighted by molar-refractivity contribution is 5.79. The number of carbonyl (C=O) groups excluding carboxylic acids is 1. The number of aliphatic carboxylic acids is 1. The van der Waals surface area contributed by atoms with Gasteiger partial charge in [0.15, 0.2) is 18.7 Å². The van der Waals surface area contributed by atoms with Crippen molar-refractivity contribution in [2.24, 2.45) is 50.2 Å². The third kappa shape index (κ3) is 8.03. The van der Waals surface area contributed by atoms with Crippen LogP contribution < -0.4 is 0 Å². The Labute approximate surface area is 396 Å². The highest BCUT2D eigenvalue weighted by atomic mass is 16.7. The average molecular weight is 973 g/mol. The van der Waals surface area contributed by atoms with Crippen molar-refractivity contribution in [2.45, 2.75) is 204 Å². The van der Waals surface area contributed by atoms with Crippen LogP contribution in [0.4, 0.5) is 0 Å². The van der Waals surface area contributed by atoms with Crippen LogP contribution in [0.25, 0.3) is 0 Å². The first-order chi connectivity index (χ1) is 31.8. The second-order valence-corrected chi connectivity index (χ2v) is 23.3. The molecule has 20 nitrogen and oxygen atoms in total. The molecule has 0 aromatic carbocycles. The third-order valence-corrected chi connectivity index (χ3v) is 19.5. The summed E-state index contributed by atoms with van der Waals surface area (Å²) in [6, 6.07) is 0. The standard InChI is InChI=1S/C48H76O20/c1-43(2)25-9-12-47(6)26(45(25,4)11-10-27(43)65-41-35(59)36(34(58)37(67-41)38(60)61)66-39-32(56)30(54)28(52)23(18-49)63-39)8-7-21-22-17-44(3,20-51)13-15-48(22,16-14-46(21,47)5)42(62)68-40-33(57)31(55)29(53)24(19-50)64-40/h7,22-37,39-41,49-59H,8-20H2,1-6H3,(H,60,61)/t22-,23+,24+,25-,26+,27-,28+,29+,30-,31-,32+,33+,34-,35+,36-,37-,39-,40-,41+,44+,45-,46+,47+,48-/m0/s1. The lowest BCUT2D eigenvalue weighted by Crippen LogP contribution is -2.67. The summed E-state index contributed by atoms with van der Waals surface area (Å²) in [6.45, 7) is 11.7. The van der Waals surface area contributed by atoms with E-state index in [0.717, 1.165) is 18.4 Å². The van der Waals surface area contributed by atoms with Crippen molar-refractivity contribution in [2.75, 3.05) is 19.8 Å². The highest BCUT2D eigenvalue weighted by Gasteiger charge is 2.70. The molecule has 8 rings (SSSR count). The SMILES string of the molecule is CC1(C)[C@@H](O[C@@H]2O[C@H](C(=O)O)[C@@H](O)[C@H](O[C@@H]3O[C@H](CO)[C@@H](O)[C@H](O)[C@H]3O)[C@H]2O)CC[C@]2(C)[C@H]3CC=C4[C@@H]5C[C@](C)(CO)CC[C@]5(C(=O)O[C@@H]5O[C@H](CO)[C@@H](O)[C@H](O)[C@H]5O)CC[C@@]4(C)[C@]3(C)CC[C@@H]12. The van der Waals surface area contributed by atoms with Crippen molar-refractivity contribution in [1.82, 2.24) is 0 Å². The third-order valence-electron chi connectivity index (χ3n) is 19.5. The molecular weight excluding hydrogens is 897 g/mol. The molecule has 3 heterocycles. The van der Waals surface area contributed by atoms with Crippen LogP contribution in [-0.4, -0.2) is 191 Å². The quantitative estimate of drug-likeness (QED) is 0.0725. The van der Waals surface area contributed by atoms with Gasteiger partial charge in [0.1, 0.15) is 67.1 Å². The predicted octanol–water partition coefficient (Wildman–Crippen LogP) is -0.795. The molecule has 0 spiro atoms. The number of carboxylic acids is 1. The first-order valence-electron chi connectivity index (χ1n) is 24.5. The zero-order valence-electron chi connectivity index (χ0n) is 39.9. The van der Waals surface area contributed by atoms with Crippen LogP contribution >= 0.6 is 0 Å². The zero-order valence-corrected chi connectivity index (χ0v) is 39.9. The van der Waals surface area contributed by atoms with Crippen LogP contribution in [-0.2, 0) is 38.0 Å². The normalized spacial score (nSPS) is 53.4. The lowest BCUT2D eigenvalue weighted by molar-refractivity contribution is -0.365. The van der Waals surface area contributed by atoms with Gasteiger partial charge >= 0.3 is 11.9 Å². The maximum atomic E-state index is 14.7. The first kappa shape index (κ1) is 52.4. The van der Waals surface area contributed by atoms with Gasteiger partial charge in [0.25, 0.3) is 0 Å². The summed E-state index contributed by atoms with van der Waals surface area (Å²) >= 11 is 0. The summed E-state index contributed by atoms with van der Waals surface area (Å²) in [5, 5.41) is 126. The molecule has 0 unspecified atom stereocenters. The van der Waals surface area contributed by atoms with Crippen molar-refractivity contribution in [3.63, 3.8) is 0 Å². The Kier molecular flexibility index (Phi) is 14.3. The van der Waals surface area contributed by atoms with Gasteiger partial charge in [-0.05, 0) is 109 Å². The topological polar surface area (TPSA) is 332 Å². The van der Waals surface area contributed by atoms with Crippen LogP contribution in [0.5, 0.6) is 0 Å². The fourth-order valence-electron chi connectivity index (χ4n) is 15.1. The van der Waals surface area contributed by atoms with Gasteiger partial charge in [-0.1, -0.05) is 53.2 Å². The minimum atomic E-state index is -1.98. The average Bonchev–Trinajstić information content (AvgIpc) is 3.29. The minimum absolute atomic E-state index is 0.0664. The van der Waals surface area contributed by atoms with E-state index in [1.165, 1.54) is 0 Å². The number of ether oxygens (including phenoxy) is 6. The molecule has 24 atom stereocenters. The van der Waals surface area contributed by atoms with E-state index in [2.05, 4.69) is 40.7 Å². The zero-order chi connectivity index (χ0) is 49.8. The molecule has 12 N–H and O–H groups in total. The van der Waals surface area contributed by atoms with E-state index < -0.39 is 140 Å². The van der Waals surface area contributed by atoms with E-state index in [0.29, 0.717) is 51.4 Å². The lowest BCUT2D eigenvalue weighted by atomic mass is 9.33. The number of hydrogen-bond acceptors (Lipinski definition) is 19. The van der Waals surface area contributed by atoms with Crippen LogP contribution in [0.3, 0.4) is 0 Å². The number of allylic oxidation sites excluding steroid dienone is 2. The molecule has 0 radical (unpaired) electrons. The van der Waals surface area contributed by atoms with Crippen LogP contribution in [0, 0.1) is 50.2 Å². The second kappa shape index (κ2) is 18.5. The number of carboxylic acid groups (broad SMARTS) is 1. The number of aliphatic hydroxyl groups is 11. The van der Waals surface area contributed by atoms with E-state index in [4.69, 9.17) is 28.4 Å². The Hall–Kier alpha value is -1.96. The van der Waals surface area contributed by atoms with Crippen LogP contribution in [0.15, 0.2) is 11.6 Å². The van der Waals surface area contributed by atoms with Crippen LogP contribution in [0.1, 0.15) is 106 Å². The second-order valence-electron chi connectivity index (χ2n) is 23.3. The largest absolute Gasteiger partial charge is 0.479 e. The molecule has 4 saturated carbocycles. The number of fused-ring (bicyclic) bond motifs is 7.